The third-order valence-electron chi connectivity index (χ3n) is 7.96. The van der Waals surface area contributed by atoms with Crippen LogP contribution in [0.1, 0.15) is 62.1 Å². The molecule has 5 rings (SSSR count). The fourth-order valence-electron chi connectivity index (χ4n) is 5.80. The highest BCUT2D eigenvalue weighted by atomic mass is 16.5. The highest BCUT2D eigenvalue weighted by Gasteiger charge is 2.32. The van der Waals surface area contributed by atoms with Gasteiger partial charge >= 0.3 is 6.09 Å². The molecule has 3 aromatic carbocycles. The van der Waals surface area contributed by atoms with E-state index in [0.717, 1.165) is 83.9 Å². The second kappa shape index (κ2) is 13.7. The van der Waals surface area contributed by atoms with Gasteiger partial charge in [-0.3, -0.25) is 15.1 Å². The highest BCUT2D eigenvalue weighted by molar-refractivity contribution is 6.18. The molecule has 0 saturated carbocycles. The molecule has 1 unspecified atom stereocenters. The van der Waals surface area contributed by atoms with E-state index in [1.807, 2.05) is 79.7 Å². The standard InChI is InChI=1S/C36H38N2O5/c1-4-7-33-32(22-25-10-12-26(13-11-25)31-9-6-5-8-30(31)23(2)38-36(40)41)35(39)34(24(3)37-33)27-14-16-28(17-15-27)43-29-18-20-42-21-19-29/h5-6,8-17,29,34,38H,2,4,7,18-22H2,1,3H3,(H,40,41). The summed E-state index contributed by atoms with van der Waals surface area (Å²) >= 11 is 0. The Morgan fingerprint density at radius 3 is 2.42 bits per heavy atom. The van der Waals surface area contributed by atoms with Gasteiger partial charge < -0.3 is 14.6 Å². The summed E-state index contributed by atoms with van der Waals surface area (Å²) < 4.78 is 11.6. The van der Waals surface area contributed by atoms with Crippen molar-refractivity contribution in [3.8, 4) is 16.9 Å². The third-order valence-corrected chi connectivity index (χ3v) is 7.96. The molecule has 2 aliphatic heterocycles. The molecule has 7 heteroatoms. The number of ketones is 1. The van der Waals surface area contributed by atoms with Gasteiger partial charge in [0, 0.05) is 47.5 Å². The summed E-state index contributed by atoms with van der Waals surface area (Å²) in [7, 11) is 0. The van der Waals surface area contributed by atoms with Crippen LogP contribution in [0.5, 0.6) is 5.75 Å². The van der Waals surface area contributed by atoms with Crippen LogP contribution in [0.15, 0.2) is 95.6 Å². The van der Waals surface area contributed by atoms with Gasteiger partial charge in [-0.2, -0.15) is 0 Å². The first-order valence-electron chi connectivity index (χ1n) is 14.9. The smallest absolute Gasteiger partial charge is 0.409 e. The summed E-state index contributed by atoms with van der Waals surface area (Å²) in [6.07, 6.45) is 2.90. The number of nitrogens with one attached hydrogen (secondary N) is 1. The largest absolute Gasteiger partial charge is 0.490 e. The molecular formula is C36H38N2O5. The number of hydrogen-bond donors (Lipinski definition) is 2. The maximum Gasteiger partial charge on any atom is 0.409 e. The molecule has 0 aromatic heterocycles. The molecule has 0 spiro atoms. The zero-order valence-corrected chi connectivity index (χ0v) is 24.8. The summed E-state index contributed by atoms with van der Waals surface area (Å²) in [5.74, 6) is 0.478. The minimum absolute atomic E-state index is 0.0968. The molecule has 0 bridgehead atoms. The molecule has 1 atom stereocenters. The van der Waals surface area contributed by atoms with Crippen LogP contribution < -0.4 is 10.1 Å². The fourth-order valence-corrected chi connectivity index (χ4v) is 5.80. The van der Waals surface area contributed by atoms with Crippen LogP contribution in [0.25, 0.3) is 16.8 Å². The van der Waals surface area contributed by atoms with Crippen molar-refractivity contribution in [3.05, 3.63) is 107 Å². The number of nitrogens with zero attached hydrogens (tertiary/aromatic N) is 1. The molecule has 1 amide bonds. The molecule has 43 heavy (non-hydrogen) atoms. The van der Waals surface area contributed by atoms with Crippen LogP contribution >= 0.6 is 0 Å². The van der Waals surface area contributed by atoms with E-state index in [0.29, 0.717) is 17.7 Å². The van der Waals surface area contributed by atoms with Gasteiger partial charge in [0.05, 0.1) is 19.1 Å². The Labute approximate surface area is 253 Å². The Balaban J connectivity index is 1.36. The van der Waals surface area contributed by atoms with Crippen molar-refractivity contribution in [2.45, 2.75) is 58.0 Å². The molecule has 2 heterocycles. The van der Waals surface area contributed by atoms with Gasteiger partial charge in [-0.05, 0) is 47.7 Å². The second-order valence-corrected chi connectivity index (χ2v) is 11.1. The van der Waals surface area contributed by atoms with Crippen LogP contribution in [0.2, 0.25) is 0 Å². The van der Waals surface area contributed by atoms with Crippen LogP contribution in [-0.4, -0.2) is 42.0 Å². The second-order valence-electron chi connectivity index (χ2n) is 11.1. The first-order chi connectivity index (χ1) is 20.8. The molecule has 2 N–H and O–H groups in total. The number of aliphatic imine (C=N–C) groups is 1. The number of allylic oxidation sites excluding steroid dienone is 2. The van der Waals surface area contributed by atoms with E-state index in [2.05, 4.69) is 18.8 Å². The van der Waals surface area contributed by atoms with E-state index in [1.54, 1.807) is 0 Å². The number of amides is 1. The lowest BCUT2D eigenvalue weighted by molar-refractivity contribution is -0.115. The quantitative estimate of drug-likeness (QED) is 0.259. The van der Waals surface area contributed by atoms with Gasteiger partial charge in [0.1, 0.15) is 11.9 Å². The Morgan fingerprint density at radius 2 is 1.74 bits per heavy atom. The molecule has 2 aliphatic rings. The normalized spacial score (nSPS) is 17.4. The first kappa shape index (κ1) is 30.0. The molecule has 7 nitrogen and oxygen atoms in total. The molecule has 0 aliphatic carbocycles. The van der Waals surface area contributed by atoms with E-state index in [1.165, 1.54) is 0 Å². The summed E-state index contributed by atoms with van der Waals surface area (Å²) in [5, 5.41) is 11.5. The summed E-state index contributed by atoms with van der Waals surface area (Å²) in [6, 6.07) is 23.4. The summed E-state index contributed by atoms with van der Waals surface area (Å²) in [6.45, 7) is 9.38. The monoisotopic (exact) mass is 578 g/mol. The molecule has 1 fully saturated rings. The van der Waals surface area contributed by atoms with Crippen molar-refractivity contribution < 1.29 is 24.2 Å². The number of carbonyl (C=O) groups is 2. The van der Waals surface area contributed by atoms with Crippen LogP contribution in [0.4, 0.5) is 4.79 Å². The topological polar surface area (TPSA) is 97.2 Å². The van der Waals surface area contributed by atoms with E-state index < -0.39 is 12.0 Å². The molecule has 1 saturated heterocycles. The first-order valence-corrected chi connectivity index (χ1v) is 14.9. The van der Waals surface area contributed by atoms with Gasteiger partial charge in [0.2, 0.25) is 0 Å². The minimum Gasteiger partial charge on any atom is -0.490 e. The van der Waals surface area contributed by atoms with E-state index in [-0.39, 0.29) is 11.9 Å². The number of hydrogen-bond acceptors (Lipinski definition) is 5. The lowest BCUT2D eigenvalue weighted by Crippen LogP contribution is -2.27. The van der Waals surface area contributed by atoms with Gasteiger partial charge in [-0.1, -0.05) is 80.6 Å². The molecular weight excluding hydrogens is 540 g/mol. The average molecular weight is 579 g/mol. The van der Waals surface area contributed by atoms with Gasteiger partial charge in [-0.15, -0.1) is 0 Å². The van der Waals surface area contributed by atoms with Crippen molar-refractivity contribution in [2.75, 3.05) is 13.2 Å². The van der Waals surface area contributed by atoms with Gasteiger partial charge in [-0.25, -0.2) is 4.79 Å². The van der Waals surface area contributed by atoms with Crippen molar-refractivity contribution in [2.24, 2.45) is 4.99 Å². The predicted octanol–water partition coefficient (Wildman–Crippen LogP) is 7.57. The van der Waals surface area contributed by atoms with Crippen molar-refractivity contribution in [3.63, 3.8) is 0 Å². The summed E-state index contributed by atoms with van der Waals surface area (Å²) in [4.78, 5) is 30.2. The Bertz CT molecular complexity index is 1550. The van der Waals surface area contributed by atoms with E-state index in [4.69, 9.17) is 19.6 Å². The maximum absolute atomic E-state index is 14.1. The SMILES string of the molecule is C=C(NC(=O)O)c1ccccc1-c1ccc(CC2=C(CCC)N=C(C)C(c3ccc(OC4CCOCC4)cc3)C2=O)cc1. The summed E-state index contributed by atoms with van der Waals surface area (Å²) in [5.41, 5.74) is 7.20. The van der Waals surface area contributed by atoms with Crippen LogP contribution in [0, 0.1) is 0 Å². The predicted molar refractivity (Wildman–Crippen MR) is 169 cm³/mol. The lowest BCUT2D eigenvalue weighted by Gasteiger charge is -2.26. The van der Waals surface area contributed by atoms with E-state index in [9.17, 15) is 9.59 Å². The minimum atomic E-state index is -1.15. The molecule has 0 radical (unpaired) electrons. The number of carbonyl (C=O) groups excluding carboxylic acids is 1. The Morgan fingerprint density at radius 1 is 1.05 bits per heavy atom. The zero-order valence-electron chi connectivity index (χ0n) is 24.8. The zero-order chi connectivity index (χ0) is 30.3. The number of carboxylic acid groups (broad SMARTS) is 1. The van der Waals surface area contributed by atoms with Crippen LogP contribution in [-0.2, 0) is 16.0 Å². The number of Topliss-reactive ketones (excluding diaryl/α,β-unsaturated/α-hetero) is 1. The molecule has 3 aromatic rings. The molecule has 222 valence electrons. The lowest BCUT2D eigenvalue weighted by atomic mass is 9.81. The van der Waals surface area contributed by atoms with Crippen molar-refractivity contribution in [1.82, 2.24) is 5.32 Å². The van der Waals surface area contributed by atoms with Gasteiger partial charge in [0.25, 0.3) is 0 Å². The number of ether oxygens (including phenoxy) is 2. The van der Waals surface area contributed by atoms with Crippen LogP contribution in [0.3, 0.4) is 0 Å². The Hall–Kier alpha value is -4.49. The number of rotatable bonds is 10. The average Bonchev–Trinajstić information content (AvgIpc) is 3.00. The fraction of sp³-hybridized carbons (Fsp3) is 0.306. The van der Waals surface area contributed by atoms with E-state index >= 15 is 0 Å². The van der Waals surface area contributed by atoms with Gasteiger partial charge in [0.15, 0.2) is 5.78 Å². The maximum atomic E-state index is 14.1. The van der Waals surface area contributed by atoms with Crippen molar-refractivity contribution >= 4 is 23.3 Å². The third kappa shape index (κ3) is 7.12. The number of benzene rings is 3. The highest BCUT2D eigenvalue weighted by Crippen LogP contribution is 2.34. The van der Waals surface area contributed by atoms with Crippen molar-refractivity contribution in [1.29, 1.82) is 0 Å². The Kier molecular flexibility index (Phi) is 9.52.